The number of hydrogen-bond acceptors (Lipinski definition) is 6. The molecule has 2 aromatic rings. The summed E-state index contributed by atoms with van der Waals surface area (Å²) in [6, 6.07) is 12.9. The number of hydrogen-bond donors (Lipinski definition) is 0. The van der Waals surface area contributed by atoms with Crippen LogP contribution < -0.4 is 9.47 Å². The van der Waals surface area contributed by atoms with Crippen molar-refractivity contribution in [1.29, 1.82) is 0 Å². The molecular formula is C24H32N6O4S. The molecule has 0 aliphatic heterocycles. The first-order valence-corrected chi connectivity index (χ1v) is 13.3. The molecule has 10 nitrogen and oxygen atoms in total. The van der Waals surface area contributed by atoms with Crippen molar-refractivity contribution in [3.05, 3.63) is 69.4 Å². The van der Waals surface area contributed by atoms with E-state index in [-0.39, 0.29) is 9.79 Å². The third-order valence-electron chi connectivity index (χ3n) is 5.24. The van der Waals surface area contributed by atoms with Crippen LogP contribution in [0, 0.1) is 0 Å². The van der Waals surface area contributed by atoms with Crippen LogP contribution in [0.25, 0.3) is 20.9 Å². The van der Waals surface area contributed by atoms with Crippen molar-refractivity contribution in [3.8, 4) is 11.5 Å². The minimum absolute atomic E-state index is 0.206. The standard InChI is InChI=1S/C24H32N6O4S/c25-29-27-17-5-1-3-7-19-33-21-9-13-23(14-10-21)35(31,32)24-15-11-22(12-16-24)34-20-8-4-2-6-18-28-30-26/h9-16H,1-8,17-20H2. The number of benzene rings is 2. The summed E-state index contributed by atoms with van der Waals surface area (Å²) in [5.74, 6) is 1.25. The van der Waals surface area contributed by atoms with Gasteiger partial charge in [-0.25, -0.2) is 8.42 Å². The van der Waals surface area contributed by atoms with E-state index in [1.165, 1.54) is 0 Å². The summed E-state index contributed by atoms with van der Waals surface area (Å²) in [6.45, 7) is 2.13. The summed E-state index contributed by atoms with van der Waals surface area (Å²) in [6.07, 6.45) is 7.39. The fraction of sp³-hybridized carbons (Fsp3) is 0.500. The molecule has 0 heterocycles. The van der Waals surface area contributed by atoms with E-state index in [9.17, 15) is 8.42 Å². The molecule has 35 heavy (non-hydrogen) atoms. The number of unbranched alkanes of at least 4 members (excludes halogenated alkanes) is 6. The van der Waals surface area contributed by atoms with Crippen molar-refractivity contribution in [2.45, 2.75) is 61.2 Å². The normalized spacial score (nSPS) is 10.7. The van der Waals surface area contributed by atoms with E-state index >= 15 is 0 Å². The third-order valence-corrected chi connectivity index (χ3v) is 7.02. The van der Waals surface area contributed by atoms with Gasteiger partial charge in [0.1, 0.15) is 11.5 Å². The number of sulfone groups is 1. The Morgan fingerprint density at radius 2 is 0.971 bits per heavy atom. The number of azide groups is 2. The van der Waals surface area contributed by atoms with Crippen molar-refractivity contribution in [2.75, 3.05) is 26.3 Å². The van der Waals surface area contributed by atoms with Crippen molar-refractivity contribution >= 4 is 9.84 Å². The Morgan fingerprint density at radius 3 is 1.34 bits per heavy atom. The maximum absolute atomic E-state index is 12.9. The molecule has 2 aromatic carbocycles. The Morgan fingerprint density at radius 1 is 0.600 bits per heavy atom. The zero-order valence-electron chi connectivity index (χ0n) is 19.8. The summed E-state index contributed by atoms with van der Waals surface area (Å²) in [5.41, 5.74) is 16.5. The highest BCUT2D eigenvalue weighted by Gasteiger charge is 2.17. The van der Waals surface area contributed by atoms with Gasteiger partial charge in [-0.2, -0.15) is 0 Å². The van der Waals surface area contributed by atoms with E-state index in [0.29, 0.717) is 37.8 Å². The summed E-state index contributed by atoms with van der Waals surface area (Å²) >= 11 is 0. The number of rotatable bonds is 18. The molecule has 0 aliphatic rings. The first kappa shape index (κ1) is 27.9. The average Bonchev–Trinajstić information content (AvgIpc) is 2.88. The lowest BCUT2D eigenvalue weighted by molar-refractivity contribution is 0.304. The van der Waals surface area contributed by atoms with Gasteiger partial charge in [0, 0.05) is 22.9 Å². The molecule has 0 aromatic heterocycles. The highest BCUT2D eigenvalue weighted by Crippen LogP contribution is 2.25. The van der Waals surface area contributed by atoms with Crippen LogP contribution in [0.4, 0.5) is 0 Å². The fourth-order valence-corrected chi connectivity index (χ4v) is 4.57. The second-order valence-corrected chi connectivity index (χ2v) is 9.83. The van der Waals surface area contributed by atoms with Crippen LogP contribution in [0.1, 0.15) is 51.4 Å². The van der Waals surface area contributed by atoms with Gasteiger partial charge in [0.25, 0.3) is 0 Å². The van der Waals surface area contributed by atoms with Crippen LogP contribution in [0.2, 0.25) is 0 Å². The van der Waals surface area contributed by atoms with Crippen molar-refractivity contribution < 1.29 is 17.9 Å². The van der Waals surface area contributed by atoms with Crippen LogP contribution in [-0.2, 0) is 9.84 Å². The molecule has 0 amide bonds. The molecule has 0 spiro atoms. The minimum Gasteiger partial charge on any atom is -0.494 e. The Balaban J connectivity index is 1.75. The van der Waals surface area contributed by atoms with E-state index in [0.717, 1.165) is 51.4 Å². The third kappa shape index (κ3) is 10.6. The Labute approximate surface area is 206 Å². The molecule has 0 saturated carbocycles. The highest BCUT2D eigenvalue weighted by molar-refractivity contribution is 7.91. The second kappa shape index (κ2) is 16.3. The minimum atomic E-state index is -3.63. The zero-order chi connectivity index (χ0) is 25.2. The van der Waals surface area contributed by atoms with Crippen LogP contribution in [-0.4, -0.2) is 34.7 Å². The van der Waals surface area contributed by atoms with Crippen molar-refractivity contribution in [3.63, 3.8) is 0 Å². The molecular weight excluding hydrogens is 468 g/mol. The van der Waals surface area contributed by atoms with Gasteiger partial charge in [0.05, 0.1) is 23.0 Å². The largest absolute Gasteiger partial charge is 0.494 e. The Bertz CT molecular complexity index is 997. The Kier molecular flexibility index (Phi) is 12.9. The predicted octanol–water partition coefficient (Wildman–Crippen LogP) is 7.02. The molecule has 0 aliphatic carbocycles. The monoisotopic (exact) mass is 500 g/mol. The fourth-order valence-electron chi connectivity index (χ4n) is 3.31. The van der Waals surface area contributed by atoms with Crippen molar-refractivity contribution in [1.82, 2.24) is 0 Å². The maximum atomic E-state index is 12.9. The summed E-state index contributed by atoms with van der Waals surface area (Å²) in [7, 11) is -3.63. The molecule has 11 heteroatoms. The van der Waals surface area contributed by atoms with Gasteiger partial charge < -0.3 is 9.47 Å². The molecule has 0 saturated heterocycles. The molecule has 2 rings (SSSR count). The maximum Gasteiger partial charge on any atom is 0.206 e. The smallest absolute Gasteiger partial charge is 0.206 e. The molecule has 0 fully saturated rings. The lowest BCUT2D eigenvalue weighted by Gasteiger charge is -2.09. The number of nitrogens with zero attached hydrogens (tertiary/aromatic N) is 6. The van der Waals surface area contributed by atoms with Crippen LogP contribution >= 0.6 is 0 Å². The molecule has 0 radical (unpaired) electrons. The van der Waals surface area contributed by atoms with E-state index in [1.54, 1.807) is 48.5 Å². The quantitative estimate of drug-likeness (QED) is 0.0934. The molecule has 0 atom stereocenters. The average molecular weight is 501 g/mol. The lowest BCUT2D eigenvalue weighted by atomic mass is 10.2. The lowest BCUT2D eigenvalue weighted by Crippen LogP contribution is -2.03. The van der Waals surface area contributed by atoms with Gasteiger partial charge in [-0.1, -0.05) is 35.9 Å². The highest BCUT2D eigenvalue weighted by atomic mass is 32.2. The summed E-state index contributed by atoms with van der Waals surface area (Å²) in [4.78, 5) is 5.86. The van der Waals surface area contributed by atoms with Gasteiger partial charge in [0.2, 0.25) is 9.84 Å². The molecule has 0 N–H and O–H groups in total. The van der Waals surface area contributed by atoms with Crippen molar-refractivity contribution in [2.24, 2.45) is 10.2 Å². The van der Waals surface area contributed by atoms with E-state index in [4.69, 9.17) is 20.5 Å². The second-order valence-electron chi connectivity index (χ2n) is 7.88. The first-order chi connectivity index (χ1) is 17.1. The zero-order valence-corrected chi connectivity index (χ0v) is 20.6. The van der Waals surface area contributed by atoms with Gasteiger partial charge in [-0.3, -0.25) is 0 Å². The van der Waals surface area contributed by atoms with Crippen LogP contribution in [0.15, 0.2) is 68.6 Å². The van der Waals surface area contributed by atoms with E-state index in [2.05, 4.69) is 20.1 Å². The SMILES string of the molecule is [N-]=[N+]=NCCCCCCOc1ccc(S(=O)(=O)c2ccc(OCCCCCCN=[N+]=[N-])cc2)cc1. The van der Waals surface area contributed by atoms with E-state index < -0.39 is 9.84 Å². The Hall–Kier alpha value is -3.39. The van der Waals surface area contributed by atoms with Crippen LogP contribution in [0.3, 0.4) is 0 Å². The van der Waals surface area contributed by atoms with Gasteiger partial charge in [-0.15, -0.1) is 0 Å². The molecule has 0 bridgehead atoms. The summed E-state index contributed by atoms with van der Waals surface area (Å²) < 4.78 is 37.2. The molecule has 188 valence electrons. The van der Waals surface area contributed by atoms with Gasteiger partial charge in [0.15, 0.2) is 0 Å². The van der Waals surface area contributed by atoms with Crippen LogP contribution in [0.5, 0.6) is 11.5 Å². The van der Waals surface area contributed by atoms with Gasteiger partial charge in [-0.05, 0) is 85.3 Å². The predicted molar refractivity (Wildman–Crippen MR) is 134 cm³/mol. The number of ether oxygens (including phenoxy) is 2. The first-order valence-electron chi connectivity index (χ1n) is 11.8. The van der Waals surface area contributed by atoms with Gasteiger partial charge >= 0.3 is 0 Å². The topological polar surface area (TPSA) is 150 Å². The molecule has 0 unspecified atom stereocenters. The summed E-state index contributed by atoms with van der Waals surface area (Å²) in [5, 5.41) is 7.01. The van der Waals surface area contributed by atoms with E-state index in [1.807, 2.05) is 0 Å².